The third kappa shape index (κ3) is 2.42. The van der Waals surface area contributed by atoms with Gasteiger partial charge in [-0.25, -0.2) is 4.98 Å². The summed E-state index contributed by atoms with van der Waals surface area (Å²) in [6.45, 7) is 2.11. The van der Waals surface area contributed by atoms with Gasteiger partial charge in [-0.3, -0.25) is 0 Å². The first kappa shape index (κ1) is 13.2. The Morgan fingerprint density at radius 3 is 2.32 bits per heavy atom. The van der Waals surface area contributed by atoms with Crippen LogP contribution >= 0.6 is 11.3 Å². The Labute approximate surface area is 133 Å². The van der Waals surface area contributed by atoms with Crippen LogP contribution in [0.25, 0.3) is 31.9 Å². The Bertz CT molecular complexity index is 921. The first-order valence-electron chi connectivity index (χ1n) is 7.33. The first-order valence-corrected chi connectivity index (χ1v) is 8.14. The van der Waals surface area contributed by atoms with Gasteiger partial charge in [0.15, 0.2) is 0 Å². The lowest BCUT2D eigenvalue weighted by molar-refractivity contribution is 1.41. The lowest BCUT2D eigenvalue weighted by Gasteiger charge is -1.99. The zero-order valence-electron chi connectivity index (χ0n) is 12.3. The average molecular weight is 301 g/mol. The van der Waals surface area contributed by atoms with Gasteiger partial charge in [0.25, 0.3) is 0 Å². The molecule has 0 atom stereocenters. The Morgan fingerprint density at radius 1 is 0.773 bits per heavy atom. The van der Waals surface area contributed by atoms with Gasteiger partial charge in [0, 0.05) is 10.4 Å². The van der Waals surface area contributed by atoms with Gasteiger partial charge in [-0.15, -0.1) is 11.3 Å². The fourth-order valence-corrected chi connectivity index (χ4v) is 3.56. The highest BCUT2D eigenvalue weighted by Gasteiger charge is 2.07. The van der Waals surface area contributed by atoms with Gasteiger partial charge in [0.1, 0.15) is 0 Å². The highest BCUT2D eigenvalue weighted by atomic mass is 32.1. The Balaban J connectivity index is 1.80. The summed E-state index contributed by atoms with van der Waals surface area (Å²) in [5.41, 5.74) is 5.81. The molecule has 0 saturated heterocycles. The zero-order valence-corrected chi connectivity index (χ0v) is 13.1. The van der Waals surface area contributed by atoms with Crippen LogP contribution in [0.4, 0.5) is 0 Å². The molecule has 4 rings (SSSR count). The Morgan fingerprint density at radius 2 is 1.55 bits per heavy atom. The highest BCUT2D eigenvalue weighted by Crippen LogP contribution is 2.34. The Hall–Kier alpha value is -2.45. The van der Waals surface area contributed by atoms with Crippen molar-refractivity contribution in [2.45, 2.75) is 6.92 Å². The minimum absolute atomic E-state index is 1.03. The van der Waals surface area contributed by atoms with E-state index in [0.717, 1.165) is 16.8 Å². The quantitative estimate of drug-likeness (QED) is 0.446. The average Bonchev–Trinajstić information content (AvgIpc) is 2.99. The first-order chi connectivity index (χ1) is 10.8. The third-order valence-corrected chi connectivity index (χ3v) is 4.92. The fourth-order valence-electron chi connectivity index (χ4n) is 2.55. The lowest BCUT2D eigenvalue weighted by atomic mass is 10.1. The van der Waals surface area contributed by atoms with E-state index in [-0.39, 0.29) is 0 Å². The third-order valence-electron chi connectivity index (χ3n) is 3.78. The number of fused-ring (bicyclic) bond motifs is 1. The van der Waals surface area contributed by atoms with Crippen molar-refractivity contribution in [2.24, 2.45) is 0 Å². The predicted molar refractivity (Wildman–Crippen MR) is 95.2 cm³/mol. The smallest absolute Gasteiger partial charge is 0.0823 e. The van der Waals surface area contributed by atoms with Gasteiger partial charge in [0.05, 0.1) is 15.9 Å². The summed E-state index contributed by atoms with van der Waals surface area (Å²) in [6.07, 6.45) is 0. The minimum atomic E-state index is 1.03. The summed E-state index contributed by atoms with van der Waals surface area (Å²) in [7, 11) is 0. The van der Waals surface area contributed by atoms with Gasteiger partial charge in [-0.05, 0) is 30.7 Å². The van der Waals surface area contributed by atoms with Crippen LogP contribution in [0, 0.1) is 6.92 Å². The van der Waals surface area contributed by atoms with Crippen LogP contribution in [0.5, 0.6) is 0 Å². The number of benzene rings is 2. The summed E-state index contributed by atoms with van der Waals surface area (Å²) >= 11 is 1.80. The standard InChI is InChI=1S/C20H15NS/c1-14-7-9-16(10-8-14)20-13-18-19(22-20)12-11-17(21-18)15-5-3-2-4-6-15/h2-13H,1H3. The molecular weight excluding hydrogens is 286 g/mol. The number of nitrogens with zero attached hydrogens (tertiary/aromatic N) is 1. The van der Waals surface area contributed by atoms with Gasteiger partial charge in [0.2, 0.25) is 0 Å². The van der Waals surface area contributed by atoms with Crippen molar-refractivity contribution in [2.75, 3.05) is 0 Å². The molecule has 2 heterocycles. The summed E-state index contributed by atoms with van der Waals surface area (Å²) in [4.78, 5) is 6.09. The molecule has 2 aromatic heterocycles. The zero-order chi connectivity index (χ0) is 14.9. The van der Waals surface area contributed by atoms with E-state index in [4.69, 9.17) is 4.98 Å². The van der Waals surface area contributed by atoms with Crippen molar-refractivity contribution in [3.8, 4) is 21.7 Å². The van der Waals surface area contributed by atoms with E-state index in [1.165, 1.54) is 20.7 Å². The second-order valence-corrected chi connectivity index (χ2v) is 6.51. The fraction of sp³-hybridized carbons (Fsp3) is 0.0500. The van der Waals surface area contributed by atoms with Crippen LogP contribution < -0.4 is 0 Å². The number of thiophene rings is 1. The van der Waals surface area contributed by atoms with Crippen LogP contribution in [-0.4, -0.2) is 4.98 Å². The number of rotatable bonds is 2. The SMILES string of the molecule is Cc1ccc(-c2cc3nc(-c4ccccc4)ccc3s2)cc1. The molecule has 2 aromatic carbocycles. The minimum Gasteiger partial charge on any atom is -0.247 e. The topological polar surface area (TPSA) is 12.9 Å². The van der Waals surface area contributed by atoms with E-state index in [1.807, 2.05) is 18.2 Å². The molecule has 106 valence electrons. The molecule has 0 aliphatic rings. The van der Waals surface area contributed by atoms with Gasteiger partial charge >= 0.3 is 0 Å². The summed E-state index contributed by atoms with van der Waals surface area (Å²) in [5, 5.41) is 0. The van der Waals surface area contributed by atoms with Crippen molar-refractivity contribution in [3.63, 3.8) is 0 Å². The van der Waals surface area contributed by atoms with Crippen molar-refractivity contribution in [1.82, 2.24) is 4.98 Å². The summed E-state index contributed by atoms with van der Waals surface area (Å²) < 4.78 is 1.23. The molecule has 0 N–H and O–H groups in total. The maximum atomic E-state index is 4.82. The highest BCUT2D eigenvalue weighted by molar-refractivity contribution is 7.22. The molecule has 0 amide bonds. The van der Waals surface area contributed by atoms with E-state index in [2.05, 4.69) is 61.5 Å². The van der Waals surface area contributed by atoms with Crippen LogP contribution in [0.15, 0.2) is 72.8 Å². The predicted octanol–water partition coefficient (Wildman–Crippen LogP) is 5.94. The maximum absolute atomic E-state index is 4.82. The maximum Gasteiger partial charge on any atom is 0.0823 e. The second kappa shape index (κ2) is 5.39. The van der Waals surface area contributed by atoms with E-state index in [0.29, 0.717) is 0 Å². The van der Waals surface area contributed by atoms with Crippen LogP contribution in [0.3, 0.4) is 0 Å². The molecule has 0 radical (unpaired) electrons. The largest absolute Gasteiger partial charge is 0.247 e. The molecule has 0 aliphatic carbocycles. The van der Waals surface area contributed by atoms with Crippen molar-refractivity contribution < 1.29 is 0 Å². The Kier molecular flexibility index (Phi) is 3.24. The van der Waals surface area contributed by atoms with E-state index < -0.39 is 0 Å². The number of pyridine rings is 1. The molecule has 0 fully saturated rings. The monoisotopic (exact) mass is 301 g/mol. The molecule has 0 aliphatic heterocycles. The molecule has 0 spiro atoms. The van der Waals surface area contributed by atoms with Crippen molar-refractivity contribution in [1.29, 1.82) is 0 Å². The molecule has 22 heavy (non-hydrogen) atoms. The number of hydrogen-bond donors (Lipinski definition) is 0. The summed E-state index contributed by atoms with van der Waals surface area (Å²) in [6, 6.07) is 25.5. The molecule has 0 unspecified atom stereocenters. The van der Waals surface area contributed by atoms with Crippen LogP contribution in [-0.2, 0) is 0 Å². The molecular formula is C20H15NS. The van der Waals surface area contributed by atoms with Crippen molar-refractivity contribution in [3.05, 3.63) is 78.4 Å². The molecule has 0 bridgehead atoms. The normalized spacial score (nSPS) is 11.0. The van der Waals surface area contributed by atoms with Gasteiger partial charge in [-0.1, -0.05) is 60.2 Å². The van der Waals surface area contributed by atoms with E-state index in [9.17, 15) is 0 Å². The number of aryl methyl sites for hydroxylation is 1. The van der Waals surface area contributed by atoms with E-state index >= 15 is 0 Å². The van der Waals surface area contributed by atoms with Crippen molar-refractivity contribution >= 4 is 21.6 Å². The number of aromatic nitrogens is 1. The molecule has 2 heteroatoms. The van der Waals surface area contributed by atoms with E-state index in [1.54, 1.807) is 11.3 Å². The molecule has 1 nitrogen and oxygen atoms in total. The van der Waals surface area contributed by atoms with Gasteiger partial charge < -0.3 is 0 Å². The van der Waals surface area contributed by atoms with Crippen LogP contribution in [0.1, 0.15) is 5.56 Å². The lowest BCUT2D eigenvalue weighted by Crippen LogP contribution is -1.81. The summed E-state index contributed by atoms with van der Waals surface area (Å²) in [5.74, 6) is 0. The second-order valence-electron chi connectivity index (χ2n) is 5.42. The van der Waals surface area contributed by atoms with Crippen LogP contribution in [0.2, 0.25) is 0 Å². The number of hydrogen-bond acceptors (Lipinski definition) is 2. The molecule has 0 saturated carbocycles. The van der Waals surface area contributed by atoms with Gasteiger partial charge in [-0.2, -0.15) is 0 Å². The molecule has 4 aromatic rings.